The number of hydrogen-bond donors (Lipinski definition) is 1. The fourth-order valence-corrected chi connectivity index (χ4v) is 6.61. The van der Waals surface area contributed by atoms with Crippen LogP contribution in [-0.4, -0.2) is 88.3 Å². The number of anilines is 1. The highest BCUT2D eigenvalue weighted by atomic mass is 32.2. The third kappa shape index (κ3) is 10.7. The molecule has 0 unspecified atom stereocenters. The lowest BCUT2D eigenvalue weighted by Crippen LogP contribution is -2.43. The summed E-state index contributed by atoms with van der Waals surface area (Å²) in [4.78, 5) is 54.1. The lowest BCUT2D eigenvalue weighted by Gasteiger charge is -2.27. The van der Waals surface area contributed by atoms with Gasteiger partial charge in [-0.05, 0) is 70.9 Å². The van der Waals surface area contributed by atoms with Crippen molar-refractivity contribution in [2.24, 2.45) is 0 Å². The van der Waals surface area contributed by atoms with Gasteiger partial charge in [0.15, 0.2) is 10.5 Å². The highest BCUT2D eigenvalue weighted by molar-refractivity contribution is 7.89. The van der Waals surface area contributed by atoms with Crippen molar-refractivity contribution in [1.82, 2.24) is 24.2 Å². The Morgan fingerprint density at radius 1 is 0.962 bits per heavy atom. The van der Waals surface area contributed by atoms with E-state index in [1.807, 2.05) is 0 Å². The molecule has 2 heterocycles. The number of amides is 2. The molecule has 4 aromatic rings. The molecule has 2 amide bonds. The number of sulfonamides is 1. The number of hydrogen-bond acceptors (Lipinski definition) is 12. The van der Waals surface area contributed by atoms with Crippen molar-refractivity contribution in [2.45, 2.75) is 70.6 Å². The average Bonchev–Trinajstić information content (AvgIpc) is 3.50. The predicted molar refractivity (Wildman–Crippen MR) is 194 cm³/mol. The Morgan fingerprint density at radius 3 is 2.32 bits per heavy atom. The zero-order valence-electron chi connectivity index (χ0n) is 30.6. The van der Waals surface area contributed by atoms with Crippen LogP contribution in [0.5, 0.6) is 0 Å². The number of nitro benzene ring substituents is 1. The number of fused-ring (bicyclic) bond motifs is 1. The van der Waals surface area contributed by atoms with Gasteiger partial charge in [0.05, 0.1) is 24.7 Å². The number of carbonyl (C=O) groups excluding carboxylic acids is 3. The van der Waals surface area contributed by atoms with Gasteiger partial charge in [-0.2, -0.15) is 9.40 Å². The van der Waals surface area contributed by atoms with Gasteiger partial charge in [0.2, 0.25) is 10.0 Å². The van der Waals surface area contributed by atoms with Gasteiger partial charge in [-0.1, -0.05) is 30.3 Å². The number of benzene rings is 2. The molecule has 0 saturated heterocycles. The molecule has 0 saturated carbocycles. The molecule has 0 aliphatic heterocycles. The second-order valence-corrected chi connectivity index (χ2v) is 15.7. The minimum atomic E-state index is -4.47. The third-order valence-corrected chi connectivity index (χ3v) is 9.21. The topological polar surface area (TPSA) is 205 Å². The van der Waals surface area contributed by atoms with E-state index < -0.39 is 54.9 Å². The molecular weight excluding hydrogens is 710 g/mol. The Balaban J connectivity index is 1.69. The lowest BCUT2D eigenvalue weighted by atomic mass is 10.1. The summed E-state index contributed by atoms with van der Waals surface area (Å²) >= 11 is 0. The van der Waals surface area contributed by atoms with Gasteiger partial charge < -0.3 is 19.5 Å². The molecule has 18 heteroatoms. The quantitative estimate of drug-likeness (QED) is 0.0797. The van der Waals surface area contributed by atoms with Crippen molar-refractivity contribution >= 4 is 45.3 Å². The number of carbonyl (C=O) groups is 3. The number of ether oxygens (including phenoxy) is 3. The van der Waals surface area contributed by atoms with Crippen molar-refractivity contribution in [3.05, 3.63) is 82.7 Å². The molecule has 284 valence electrons. The summed E-state index contributed by atoms with van der Waals surface area (Å²) < 4.78 is 45.8. The Kier molecular flexibility index (Phi) is 12.4. The first-order valence-electron chi connectivity index (χ1n) is 16.5. The SMILES string of the molecule is COC(=O)CCN(Cc1cccc(-c2cnn3ccc(N(CCNC(=O)OC(C)(C)C)C(=O)OC(C)(C)C)nc23)c1)S(=O)(=O)c1ccccc1[N+](=O)[O-]. The number of nitro groups is 1. The fourth-order valence-electron chi connectivity index (χ4n) is 5.02. The van der Waals surface area contributed by atoms with Crippen LogP contribution in [0, 0.1) is 10.1 Å². The second kappa shape index (κ2) is 16.4. The number of alkyl carbamates (subject to hydrolysis) is 1. The normalized spacial score (nSPS) is 12.0. The van der Waals surface area contributed by atoms with E-state index in [1.54, 1.807) is 84.3 Å². The molecule has 0 radical (unpaired) electrons. The molecule has 0 aliphatic carbocycles. The van der Waals surface area contributed by atoms with Gasteiger partial charge >= 0.3 is 18.2 Å². The summed E-state index contributed by atoms with van der Waals surface area (Å²) in [5.74, 6) is -0.448. The maximum absolute atomic E-state index is 13.8. The van der Waals surface area contributed by atoms with Crippen LogP contribution in [0.4, 0.5) is 21.1 Å². The lowest BCUT2D eigenvalue weighted by molar-refractivity contribution is -0.387. The molecule has 2 aromatic carbocycles. The Labute approximate surface area is 307 Å². The minimum Gasteiger partial charge on any atom is -0.469 e. The molecular formula is C35H43N7O10S. The Morgan fingerprint density at radius 2 is 1.66 bits per heavy atom. The van der Waals surface area contributed by atoms with E-state index in [2.05, 4.69) is 10.4 Å². The van der Waals surface area contributed by atoms with Crippen LogP contribution in [-0.2, 0) is 35.6 Å². The van der Waals surface area contributed by atoms with Crippen molar-refractivity contribution in [3.63, 3.8) is 0 Å². The highest BCUT2D eigenvalue weighted by Gasteiger charge is 2.32. The molecule has 0 spiro atoms. The van der Waals surface area contributed by atoms with Crippen LogP contribution >= 0.6 is 0 Å². The van der Waals surface area contributed by atoms with Gasteiger partial charge in [-0.3, -0.25) is 19.8 Å². The zero-order valence-corrected chi connectivity index (χ0v) is 31.4. The van der Waals surface area contributed by atoms with E-state index in [4.69, 9.17) is 19.2 Å². The molecule has 53 heavy (non-hydrogen) atoms. The number of nitrogens with zero attached hydrogens (tertiary/aromatic N) is 6. The van der Waals surface area contributed by atoms with Crippen LogP contribution in [0.2, 0.25) is 0 Å². The number of nitrogens with one attached hydrogen (secondary N) is 1. The van der Waals surface area contributed by atoms with Gasteiger partial charge in [0.25, 0.3) is 5.69 Å². The molecule has 0 bridgehead atoms. The van der Waals surface area contributed by atoms with Crippen molar-refractivity contribution in [1.29, 1.82) is 0 Å². The summed E-state index contributed by atoms with van der Waals surface area (Å²) in [6, 6.07) is 13.4. The van der Waals surface area contributed by atoms with E-state index in [1.165, 1.54) is 28.7 Å². The first kappa shape index (κ1) is 40.2. The monoisotopic (exact) mass is 753 g/mol. The van der Waals surface area contributed by atoms with Gasteiger partial charge in [0, 0.05) is 44.0 Å². The summed E-state index contributed by atoms with van der Waals surface area (Å²) in [6.45, 7) is 9.85. The van der Waals surface area contributed by atoms with Gasteiger partial charge in [0.1, 0.15) is 17.0 Å². The molecule has 0 atom stereocenters. The number of esters is 1. The number of rotatable bonds is 13. The number of para-hydroxylation sites is 1. The van der Waals surface area contributed by atoms with Crippen molar-refractivity contribution in [2.75, 3.05) is 31.6 Å². The maximum Gasteiger partial charge on any atom is 0.416 e. The van der Waals surface area contributed by atoms with E-state index >= 15 is 0 Å². The van der Waals surface area contributed by atoms with E-state index in [0.29, 0.717) is 22.3 Å². The largest absolute Gasteiger partial charge is 0.469 e. The van der Waals surface area contributed by atoms with E-state index in [0.717, 1.165) is 16.4 Å². The second-order valence-electron chi connectivity index (χ2n) is 13.8. The molecule has 4 rings (SSSR count). The minimum absolute atomic E-state index is 0.00819. The average molecular weight is 754 g/mol. The Hall–Kier alpha value is -5.62. The summed E-state index contributed by atoms with van der Waals surface area (Å²) in [5, 5.41) is 18.7. The van der Waals surface area contributed by atoms with E-state index in [-0.39, 0.29) is 38.4 Å². The van der Waals surface area contributed by atoms with Crippen molar-refractivity contribution < 1.29 is 41.9 Å². The van der Waals surface area contributed by atoms with Gasteiger partial charge in [-0.15, -0.1) is 0 Å². The number of aromatic nitrogens is 3. The summed E-state index contributed by atoms with van der Waals surface area (Å²) in [6.07, 6.45) is 1.53. The number of methoxy groups -OCH3 is 1. The zero-order chi connectivity index (χ0) is 39.1. The molecule has 0 aliphatic rings. The molecule has 17 nitrogen and oxygen atoms in total. The van der Waals surface area contributed by atoms with E-state index in [9.17, 15) is 32.9 Å². The smallest absolute Gasteiger partial charge is 0.416 e. The molecule has 2 aromatic heterocycles. The fraction of sp³-hybridized carbons (Fsp3) is 0.400. The standard InChI is InChI=1S/C35H43N7O10S/c1-34(2,3)51-32(44)36-17-20-40(33(45)52-35(4,5)6)29-15-19-41-31(38-29)26(22-37-41)25-12-10-11-24(21-25)23-39(18-16-30(43)50-7)53(48,49)28-14-9-8-13-27(28)42(46)47/h8-15,19,21-22H,16-18,20,23H2,1-7H3,(H,36,44). The third-order valence-electron chi connectivity index (χ3n) is 7.32. The first-order valence-corrected chi connectivity index (χ1v) is 17.9. The molecule has 1 N–H and O–H groups in total. The van der Waals surface area contributed by atoms with Crippen LogP contribution < -0.4 is 10.2 Å². The summed E-state index contributed by atoms with van der Waals surface area (Å²) in [7, 11) is -3.29. The maximum atomic E-state index is 13.8. The predicted octanol–water partition coefficient (Wildman–Crippen LogP) is 5.32. The van der Waals surface area contributed by atoms with Crippen LogP contribution in [0.1, 0.15) is 53.5 Å². The van der Waals surface area contributed by atoms with Gasteiger partial charge in [-0.25, -0.2) is 27.5 Å². The van der Waals surface area contributed by atoms with Crippen LogP contribution in [0.25, 0.3) is 16.8 Å². The first-order chi connectivity index (χ1) is 24.8. The van der Waals surface area contributed by atoms with Crippen molar-refractivity contribution in [3.8, 4) is 11.1 Å². The van der Waals surface area contributed by atoms with Crippen LogP contribution in [0.3, 0.4) is 0 Å². The highest BCUT2D eigenvalue weighted by Crippen LogP contribution is 2.30. The van der Waals surface area contributed by atoms with Crippen LogP contribution in [0.15, 0.2) is 71.9 Å². The molecule has 0 fully saturated rings. The summed E-state index contributed by atoms with van der Waals surface area (Å²) in [5.41, 5.74) is -0.170. The Bertz CT molecular complexity index is 2090.